The summed E-state index contributed by atoms with van der Waals surface area (Å²) in [5.41, 5.74) is 5.36. The van der Waals surface area contributed by atoms with Gasteiger partial charge in [-0.2, -0.15) is 10.2 Å². The molecule has 0 spiro atoms. The Morgan fingerprint density at radius 3 is 2.68 bits per heavy atom. The summed E-state index contributed by atoms with van der Waals surface area (Å²) < 4.78 is 3.72. The Labute approximate surface area is 163 Å². The molecular formula is C22H23N5O. The molecule has 28 heavy (non-hydrogen) atoms. The average molecular weight is 373 g/mol. The molecule has 6 heteroatoms. The number of benzene rings is 2. The van der Waals surface area contributed by atoms with Crippen molar-refractivity contribution in [2.24, 2.45) is 0 Å². The summed E-state index contributed by atoms with van der Waals surface area (Å²) in [6.07, 6.45) is 5.73. The van der Waals surface area contributed by atoms with Crippen LogP contribution in [-0.4, -0.2) is 25.5 Å². The third kappa shape index (κ3) is 3.96. The normalized spacial score (nSPS) is 11.1. The Morgan fingerprint density at radius 2 is 1.86 bits per heavy atom. The maximum atomic E-state index is 12.3. The molecule has 0 bridgehead atoms. The van der Waals surface area contributed by atoms with Crippen molar-refractivity contribution in [3.8, 4) is 0 Å². The first-order valence-electron chi connectivity index (χ1n) is 9.37. The number of amides is 1. The molecule has 0 aliphatic rings. The lowest BCUT2D eigenvalue weighted by molar-refractivity contribution is -0.116. The Balaban J connectivity index is 1.35. The number of nitrogens with one attached hydrogen (secondary N) is 1. The molecule has 0 saturated heterocycles. The number of anilines is 1. The molecule has 4 aromatic rings. The summed E-state index contributed by atoms with van der Waals surface area (Å²) in [4.78, 5) is 12.3. The first-order chi connectivity index (χ1) is 13.6. The van der Waals surface area contributed by atoms with Crippen LogP contribution in [0.25, 0.3) is 10.9 Å². The Hall–Kier alpha value is -3.41. The molecule has 0 atom stereocenters. The number of nitrogens with zero attached hydrogens (tertiary/aromatic N) is 4. The number of carbonyl (C=O) groups is 1. The molecule has 0 aliphatic heterocycles. The number of hydrogen-bond donors (Lipinski definition) is 1. The van der Waals surface area contributed by atoms with Crippen molar-refractivity contribution in [2.75, 3.05) is 5.32 Å². The maximum Gasteiger partial charge on any atom is 0.226 e. The largest absolute Gasteiger partial charge is 0.323 e. The highest BCUT2D eigenvalue weighted by Gasteiger charge is 2.09. The van der Waals surface area contributed by atoms with Gasteiger partial charge in [-0.3, -0.25) is 14.2 Å². The first-order valence-corrected chi connectivity index (χ1v) is 9.37. The van der Waals surface area contributed by atoms with Crippen LogP contribution in [0.3, 0.4) is 0 Å². The molecule has 1 amide bonds. The lowest BCUT2D eigenvalue weighted by atomic mass is 10.1. The third-order valence-corrected chi connectivity index (χ3v) is 4.80. The average Bonchev–Trinajstić information content (AvgIpc) is 3.29. The van der Waals surface area contributed by atoms with Crippen molar-refractivity contribution < 1.29 is 4.79 Å². The van der Waals surface area contributed by atoms with E-state index in [0.29, 0.717) is 25.2 Å². The number of hydrogen-bond acceptors (Lipinski definition) is 3. The van der Waals surface area contributed by atoms with Crippen LogP contribution in [0.15, 0.2) is 61.1 Å². The topological polar surface area (TPSA) is 64.7 Å². The van der Waals surface area contributed by atoms with Crippen LogP contribution >= 0.6 is 0 Å². The molecule has 1 N–H and O–H groups in total. The molecule has 6 nitrogen and oxygen atoms in total. The molecule has 4 rings (SSSR count). The van der Waals surface area contributed by atoms with E-state index in [2.05, 4.69) is 59.7 Å². The van der Waals surface area contributed by atoms with E-state index >= 15 is 0 Å². The van der Waals surface area contributed by atoms with Crippen molar-refractivity contribution in [1.82, 2.24) is 19.6 Å². The van der Waals surface area contributed by atoms with Crippen molar-refractivity contribution in [2.45, 2.75) is 33.4 Å². The second kappa shape index (κ2) is 7.68. The van der Waals surface area contributed by atoms with E-state index in [0.717, 1.165) is 16.5 Å². The molecule has 2 aromatic carbocycles. The summed E-state index contributed by atoms with van der Waals surface area (Å²) in [7, 11) is 0. The van der Waals surface area contributed by atoms with E-state index in [1.807, 2.05) is 33.9 Å². The van der Waals surface area contributed by atoms with Crippen LogP contribution in [0.1, 0.15) is 23.1 Å². The Kier molecular flexibility index (Phi) is 4.93. The number of aryl methyl sites for hydroxylation is 3. The van der Waals surface area contributed by atoms with Gasteiger partial charge in [0, 0.05) is 18.0 Å². The van der Waals surface area contributed by atoms with Gasteiger partial charge in [0.1, 0.15) is 0 Å². The van der Waals surface area contributed by atoms with Gasteiger partial charge in [0.2, 0.25) is 5.91 Å². The van der Waals surface area contributed by atoms with Gasteiger partial charge in [-0.25, -0.2) is 0 Å². The standard InChI is InChI=1S/C22H23N5O/c1-16-6-8-18(9-7-16)14-26-15-20(13-23-26)25-21(28)10-11-27-22-17(2)4-3-5-19(22)12-24-27/h3-9,12-13,15H,10-11,14H2,1-2H3,(H,25,28). The SMILES string of the molecule is Cc1ccc(Cn2cc(NC(=O)CCn3ncc4cccc(C)c43)cn2)cc1. The van der Waals surface area contributed by atoms with E-state index in [1.54, 1.807) is 6.20 Å². The van der Waals surface area contributed by atoms with E-state index < -0.39 is 0 Å². The predicted octanol–water partition coefficient (Wildman–Crippen LogP) is 3.93. The fraction of sp³-hybridized carbons (Fsp3) is 0.227. The van der Waals surface area contributed by atoms with Gasteiger partial charge >= 0.3 is 0 Å². The minimum absolute atomic E-state index is 0.0490. The monoisotopic (exact) mass is 373 g/mol. The molecule has 0 aliphatic carbocycles. The second-order valence-corrected chi connectivity index (χ2v) is 7.09. The smallest absolute Gasteiger partial charge is 0.226 e. The minimum atomic E-state index is -0.0490. The molecule has 0 fully saturated rings. The molecule has 2 aromatic heterocycles. The van der Waals surface area contributed by atoms with E-state index in [4.69, 9.17) is 0 Å². The van der Waals surface area contributed by atoms with E-state index in [9.17, 15) is 4.79 Å². The fourth-order valence-corrected chi connectivity index (χ4v) is 3.32. The first kappa shape index (κ1) is 18.0. The van der Waals surface area contributed by atoms with Gasteiger partial charge < -0.3 is 5.32 Å². The van der Waals surface area contributed by atoms with Crippen molar-refractivity contribution in [1.29, 1.82) is 0 Å². The Bertz CT molecular complexity index is 1110. The van der Waals surface area contributed by atoms with Crippen LogP contribution < -0.4 is 5.32 Å². The van der Waals surface area contributed by atoms with Gasteiger partial charge in [-0.15, -0.1) is 0 Å². The van der Waals surface area contributed by atoms with E-state index in [1.165, 1.54) is 11.1 Å². The van der Waals surface area contributed by atoms with Gasteiger partial charge in [-0.05, 0) is 25.0 Å². The van der Waals surface area contributed by atoms with Gasteiger partial charge in [0.05, 0.1) is 36.7 Å². The lowest BCUT2D eigenvalue weighted by Gasteiger charge is -2.06. The second-order valence-electron chi connectivity index (χ2n) is 7.09. The molecular weight excluding hydrogens is 350 g/mol. The zero-order valence-electron chi connectivity index (χ0n) is 16.1. The van der Waals surface area contributed by atoms with Gasteiger partial charge in [-0.1, -0.05) is 48.0 Å². The van der Waals surface area contributed by atoms with Gasteiger partial charge in [0.25, 0.3) is 0 Å². The number of fused-ring (bicyclic) bond motifs is 1. The van der Waals surface area contributed by atoms with Crippen molar-refractivity contribution in [3.05, 3.63) is 77.7 Å². The summed E-state index contributed by atoms with van der Waals surface area (Å²) >= 11 is 0. The molecule has 142 valence electrons. The molecule has 2 heterocycles. The number of aromatic nitrogens is 4. The van der Waals surface area contributed by atoms with Crippen molar-refractivity contribution >= 4 is 22.5 Å². The summed E-state index contributed by atoms with van der Waals surface area (Å²) in [5, 5.41) is 12.8. The maximum absolute atomic E-state index is 12.3. The number of rotatable bonds is 6. The summed E-state index contributed by atoms with van der Waals surface area (Å²) in [5.74, 6) is -0.0490. The number of carbonyl (C=O) groups excluding carboxylic acids is 1. The molecule has 0 saturated carbocycles. The van der Waals surface area contributed by atoms with Crippen molar-refractivity contribution in [3.63, 3.8) is 0 Å². The predicted molar refractivity (Wildman–Crippen MR) is 110 cm³/mol. The molecule has 0 radical (unpaired) electrons. The van der Waals surface area contributed by atoms with Crippen LogP contribution in [0, 0.1) is 13.8 Å². The van der Waals surface area contributed by atoms with Gasteiger partial charge in [0.15, 0.2) is 0 Å². The fourth-order valence-electron chi connectivity index (χ4n) is 3.32. The third-order valence-electron chi connectivity index (χ3n) is 4.80. The van der Waals surface area contributed by atoms with Crippen LogP contribution in [-0.2, 0) is 17.9 Å². The summed E-state index contributed by atoms with van der Waals surface area (Å²) in [6.45, 7) is 5.34. The Morgan fingerprint density at radius 1 is 1.04 bits per heavy atom. The zero-order chi connectivity index (χ0) is 19.5. The van der Waals surface area contributed by atoms with Crippen LogP contribution in [0.2, 0.25) is 0 Å². The van der Waals surface area contributed by atoms with Crippen LogP contribution in [0.5, 0.6) is 0 Å². The summed E-state index contributed by atoms with van der Waals surface area (Å²) in [6, 6.07) is 14.5. The highest BCUT2D eigenvalue weighted by molar-refractivity contribution is 5.90. The zero-order valence-corrected chi connectivity index (χ0v) is 16.1. The molecule has 0 unspecified atom stereocenters. The minimum Gasteiger partial charge on any atom is -0.323 e. The highest BCUT2D eigenvalue weighted by atomic mass is 16.1. The number of para-hydroxylation sites is 1. The lowest BCUT2D eigenvalue weighted by Crippen LogP contribution is -2.14. The highest BCUT2D eigenvalue weighted by Crippen LogP contribution is 2.18. The van der Waals surface area contributed by atoms with E-state index in [-0.39, 0.29) is 5.91 Å². The quantitative estimate of drug-likeness (QED) is 0.557. The van der Waals surface area contributed by atoms with Crippen LogP contribution in [0.4, 0.5) is 5.69 Å².